The number of urea groups is 1. The molecule has 3 heterocycles. The fourth-order valence-corrected chi connectivity index (χ4v) is 4.54. The second-order valence-electron chi connectivity index (χ2n) is 8.50. The number of carbonyl (C=O) groups is 3. The molecule has 32 heavy (non-hydrogen) atoms. The van der Waals surface area contributed by atoms with Crippen LogP contribution < -0.4 is 0 Å². The van der Waals surface area contributed by atoms with Gasteiger partial charge in [0.25, 0.3) is 0 Å². The van der Waals surface area contributed by atoms with Crippen LogP contribution in [0.15, 0.2) is 30.3 Å². The van der Waals surface area contributed by atoms with Gasteiger partial charge >= 0.3 is 12.1 Å². The molecule has 4 amide bonds. The number of nitrogens with zero attached hydrogens (tertiary/aromatic N) is 4. The van der Waals surface area contributed by atoms with Gasteiger partial charge in [-0.25, -0.2) is 9.59 Å². The average molecular weight is 445 g/mol. The number of rotatable bonds is 5. The minimum Gasteiger partial charge on any atom is -0.445 e. The van der Waals surface area contributed by atoms with Crippen LogP contribution >= 0.6 is 0 Å². The van der Waals surface area contributed by atoms with Gasteiger partial charge in [-0.1, -0.05) is 30.3 Å². The third-order valence-corrected chi connectivity index (χ3v) is 6.40. The predicted octanol–water partition coefficient (Wildman–Crippen LogP) is 1.77. The molecule has 0 aromatic heterocycles. The summed E-state index contributed by atoms with van der Waals surface area (Å²) in [4.78, 5) is 45.1. The molecule has 9 nitrogen and oxygen atoms in total. The largest absolute Gasteiger partial charge is 0.445 e. The van der Waals surface area contributed by atoms with Crippen molar-refractivity contribution in [1.29, 1.82) is 0 Å². The molecule has 0 N–H and O–H groups in total. The monoisotopic (exact) mass is 444 g/mol. The molecule has 3 saturated heterocycles. The van der Waals surface area contributed by atoms with Crippen LogP contribution in [0.3, 0.4) is 0 Å². The fraction of sp³-hybridized carbons (Fsp3) is 0.609. The van der Waals surface area contributed by atoms with Gasteiger partial charge in [0.2, 0.25) is 5.91 Å². The minimum atomic E-state index is -0.310. The van der Waals surface area contributed by atoms with Gasteiger partial charge in [0, 0.05) is 45.3 Å². The zero-order chi connectivity index (χ0) is 22.3. The highest BCUT2D eigenvalue weighted by Gasteiger charge is 2.35. The zero-order valence-corrected chi connectivity index (χ0v) is 18.5. The molecule has 0 unspecified atom stereocenters. The van der Waals surface area contributed by atoms with E-state index >= 15 is 0 Å². The Labute approximate surface area is 188 Å². The number of amides is 4. The molecular formula is C23H32N4O5. The topological polar surface area (TPSA) is 82.6 Å². The molecule has 0 bridgehead atoms. The van der Waals surface area contributed by atoms with Crippen molar-refractivity contribution in [1.82, 2.24) is 19.6 Å². The molecular weight excluding hydrogens is 412 g/mol. The maximum atomic E-state index is 13.1. The lowest BCUT2D eigenvalue weighted by Crippen LogP contribution is -2.58. The van der Waals surface area contributed by atoms with Crippen LogP contribution in [0.4, 0.5) is 9.59 Å². The van der Waals surface area contributed by atoms with E-state index in [4.69, 9.17) is 9.47 Å². The normalized spacial score (nSPS) is 20.4. The summed E-state index contributed by atoms with van der Waals surface area (Å²) in [5.41, 5.74) is 0.960. The molecule has 174 valence electrons. The molecule has 0 aliphatic carbocycles. The average Bonchev–Trinajstić information content (AvgIpc) is 2.85. The maximum absolute atomic E-state index is 13.1. The summed E-state index contributed by atoms with van der Waals surface area (Å²) in [5.74, 6) is -0.0144. The summed E-state index contributed by atoms with van der Waals surface area (Å²) < 4.78 is 10.7. The van der Waals surface area contributed by atoms with E-state index in [1.807, 2.05) is 35.2 Å². The number of likely N-dealkylation sites (tertiary alicyclic amines) is 1. The van der Waals surface area contributed by atoms with Crippen LogP contribution in [0, 0.1) is 0 Å². The van der Waals surface area contributed by atoms with Gasteiger partial charge in [0.1, 0.15) is 13.2 Å². The first kappa shape index (κ1) is 22.4. The Morgan fingerprint density at radius 3 is 2.38 bits per heavy atom. The number of benzene rings is 1. The first-order valence-electron chi connectivity index (χ1n) is 11.5. The van der Waals surface area contributed by atoms with Crippen molar-refractivity contribution in [3.63, 3.8) is 0 Å². The van der Waals surface area contributed by atoms with Crippen LogP contribution in [0.5, 0.6) is 0 Å². The van der Waals surface area contributed by atoms with Crippen molar-refractivity contribution in [2.24, 2.45) is 0 Å². The second-order valence-corrected chi connectivity index (χ2v) is 8.50. The quantitative estimate of drug-likeness (QED) is 0.691. The van der Waals surface area contributed by atoms with Gasteiger partial charge in [-0.2, -0.15) is 0 Å². The number of morpholine rings is 1. The summed E-state index contributed by atoms with van der Waals surface area (Å²) in [7, 11) is 0. The van der Waals surface area contributed by atoms with E-state index in [0.717, 1.165) is 24.8 Å². The Balaban J connectivity index is 1.24. The van der Waals surface area contributed by atoms with Crippen molar-refractivity contribution in [2.45, 2.75) is 31.9 Å². The van der Waals surface area contributed by atoms with E-state index in [9.17, 15) is 14.4 Å². The second kappa shape index (κ2) is 10.7. The summed E-state index contributed by atoms with van der Waals surface area (Å²) in [6, 6.07) is 9.64. The van der Waals surface area contributed by atoms with Crippen molar-refractivity contribution >= 4 is 18.0 Å². The molecule has 0 radical (unpaired) electrons. The van der Waals surface area contributed by atoms with Crippen molar-refractivity contribution in [3.8, 4) is 0 Å². The van der Waals surface area contributed by atoms with Crippen molar-refractivity contribution < 1.29 is 23.9 Å². The van der Waals surface area contributed by atoms with Crippen molar-refractivity contribution in [3.05, 3.63) is 35.9 Å². The number of piperidine rings is 1. The van der Waals surface area contributed by atoms with Crippen LogP contribution in [0.25, 0.3) is 0 Å². The van der Waals surface area contributed by atoms with E-state index in [1.165, 1.54) is 0 Å². The van der Waals surface area contributed by atoms with E-state index < -0.39 is 0 Å². The Morgan fingerprint density at radius 1 is 0.938 bits per heavy atom. The van der Waals surface area contributed by atoms with E-state index in [-0.39, 0.29) is 37.2 Å². The smallest absolute Gasteiger partial charge is 0.410 e. The Morgan fingerprint density at radius 2 is 1.66 bits per heavy atom. The fourth-order valence-electron chi connectivity index (χ4n) is 4.54. The molecule has 3 aliphatic rings. The molecule has 1 aromatic carbocycles. The number of carbonyl (C=O) groups excluding carboxylic acids is 3. The van der Waals surface area contributed by atoms with Crippen LogP contribution in [0.2, 0.25) is 0 Å². The van der Waals surface area contributed by atoms with Crippen LogP contribution in [-0.2, 0) is 20.9 Å². The van der Waals surface area contributed by atoms with Gasteiger partial charge in [-0.3, -0.25) is 4.79 Å². The molecule has 9 heteroatoms. The lowest BCUT2D eigenvalue weighted by Gasteiger charge is -2.43. The Bertz CT molecular complexity index is 791. The third-order valence-electron chi connectivity index (χ3n) is 6.40. The van der Waals surface area contributed by atoms with E-state index in [2.05, 4.69) is 0 Å². The third kappa shape index (κ3) is 5.51. The van der Waals surface area contributed by atoms with Gasteiger partial charge in [0.15, 0.2) is 0 Å². The minimum absolute atomic E-state index is 0.0144. The summed E-state index contributed by atoms with van der Waals surface area (Å²) in [6.45, 7) is 5.10. The highest BCUT2D eigenvalue weighted by atomic mass is 16.6. The maximum Gasteiger partial charge on any atom is 0.410 e. The van der Waals surface area contributed by atoms with Crippen molar-refractivity contribution in [2.75, 3.05) is 59.0 Å². The molecule has 3 aliphatic heterocycles. The summed E-state index contributed by atoms with van der Waals surface area (Å²) in [6.07, 6.45) is 1.98. The lowest BCUT2D eigenvalue weighted by atomic mass is 10.0. The van der Waals surface area contributed by atoms with Gasteiger partial charge < -0.3 is 29.1 Å². The predicted molar refractivity (Wildman–Crippen MR) is 117 cm³/mol. The first-order chi connectivity index (χ1) is 15.6. The highest BCUT2D eigenvalue weighted by molar-refractivity contribution is 5.84. The highest BCUT2D eigenvalue weighted by Crippen LogP contribution is 2.22. The Hall–Kier alpha value is -2.81. The summed E-state index contributed by atoms with van der Waals surface area (Å²) >= 11 is 0. The first-order valence-corrected chi connectivity index (χ1v) is 11.5. The standard InChI is InChI=1S/C23H32N4O5/c28-21(24-13-15-31-16-14-24)17-26-9-4-10-27(22(26)29)20-7-11-25(12-8-20)23(30)32-18-19-5-2-1-3-6-19/h1-3,5-6,20H,4,7-18H2. The SMILES string of the molecule is O=C(CN1CCCN(C2CCN(C(=O)OCc3ccccc3)CC2)C1=O)N1CCOCC1. The van der Waals surface area contributed by atoms with Crippen LogP contribution in [-0.4, -0.2) is 103 Å². The van der Waals surface area contributed by atoms with Gasteiger partial charge in [0.05, 0.1) is 13.2 Å². The van der Waals surface area contributed by atoms with E-state index in [0.29, 0.717) is 52.5 Å². The lowest BCUT2D eigenvalue weighted by molar-refractivity contribution is -0.136. The summed E-state index contributed by atoms with van der Waals surface area (Å²) in [5, 5.41) is 0. The van der Waals surface area contributed by atoms with E-state index in [1.54, 1.807) is 14.7 Å². The molecule has 0 atom stereocenters. The Kier molecular flexibility index (Phi) is 7.47. The number of ether oxygens (including phenoxy) is 2. The van der Waals surface area contributed by atoms with Gasteiger partial charge in [-0.05, 0) is 24.8 Å². The molecule has 3 fully saturated rings. The number of hydrogen-bond acceptors (Lipinski definition) is 5. The van der Waals surface area contributed by atoms with Crippen LogP contribution in [0.1, 0.15) is 24.8 Å². The zero-order valence-electron chi connectivity index (χ0n) is 18.5. The number of hydrogen-bond donors (Lipinski definition) is 0. The molecule has 0 saturated carbocycles. The molecule has 4 rings (SSSR count). The molecule has 1 aromatic rings. The molecule has 0 spiro atoms. The van der Waals surface area contributed by atoms with Gasteiger partial charge in [-0.15, -0.1) is 0 Å².